The van der Waals surface area contributed by atoms with Crippen molar-refractivity contribution >= 4 is 11.9 Å². The van der Waals surface area contributed by atoms with Gasteiger partial charge in [-0.1, -0.05) is 12.1 Å². The summed E-state index contributed by atoms with van der Waals surface area (Å²) in [6, 6.07) is 6.89. The van der Waals surface area contributed by atoms with Gasteiger partial charge in [-0.05, 0) is 24.7 Å². The lowest BCUT2D eigenvalue weighted by Gasteiger charge is -2.31. The zero-order valence-electron chi connectivity index (χ0n) is 20.8. The van der Waals surface area contributed by atoms with Crippen LogP contribution in [0.5, 0.6) is 0 Å². The van der Waals surface area contributed by atoms with Gasteiger partial charge in [-0.3, -0.25) is 9.80 Å². The molecule has 1 aromatic carbocycles. The number of hydrogen-bond donors (Lipinski definition) is 2. The fourth-order valence-corrected chi connectivity index (χ4v) is 3.70. The Kier molecular flexibility index (Phi) is 11.2. The van der Waals surface area contributed by atoms with Crippen LogP contribution in [0.1, 0.15) is 17.1 Å². The van der Waals surface area contributed by atoms with Crippen molar-refractivity contribution < 1.29 is 50.5 Å². The standard InChI is InChI=1S/C19H26FN5.2C2HF3O2/c1-22-5-7-23(8-6-22)13-18-14-25-10-9-24(15-19(25)21-18)12-16-3-2-4-17(20)11-16;2*3-2(4,5)1(6)7/h2-4,11,14H,5-10,12-13,15H2,1H3;2*(H,6,7). The number of halogens is 7. The number of nitrogens with zero attached hydrogens (tertiary/aromatic N) is 5. The monoisotopic (exact) mass is 571 g/mol. The van der Waals surface area contributed by atoms with Gasteiger partial charge in [-0.15, -0.1) is 0 Å². The molecule has 39 heavy (non-hydrogen) atoms. The molecule has 2 aliphatic rings. The molecule has 2 aromatic rings. The Balaban J connectivity index is 0.000000317. The maximum Gasteiger partial charge on any atom is 0.490 e. The van der Waals surface area contributed by atoms with E-state index < -0.39 is 24.3 Å². The number of carboxylic acids is 2. The molecule has 4 rings (SSSR count). The van der Waals surface area contributed by atoms with E-state index in [-0.39, 0.29) is 5.82 Å². The van der Waals surface area contributed by atoms with E-state index in [0.717, 1.165) is 70.3 Å². The smallest absolute Gasteiger partial charge is 0.475 e. The quantitative estimate of drug-likeness (QED) is 0.541. The first-order chi connectivity index (χ1) is 18.0. The number of fused-ring (bicyclic) bond motifs is 1. The third-order valence-corrected chi connectivity index (χ3v) is 5.69. The third kappa shape index (κ3) is 11.2. The first-order valence-electron chi connectivity index (χ1n) is 11.6. The van der Waals surface area contributed by atoms with Crippen LogP contribution < -0.4 is 0 Å². The van der Waals surface area contributed by atoms with Gasteiger partial charge in [0.1, 0.15) is 11.6 Å². The molecule has 0 bridgehead atoms. The predicted octanol–water partition coefficient (Wildman–Crippen LogP) is 3.05. The number of likely N-dealkylation sites (N-methyl/N-ethyl adjacent to an activating group) is 1. The molecular weight excluding hydrogens is 543 g/mol. The molecule has 0 aliphatic carbocycles. The first-order valence-corrected chi connectivity index (χ1v) is 11.6. The number of aromatic nitrogens is 2. The number of hydrogen-bond acceptors (Lipinski definition) is 6. The third-order valence-electron chi connectivity index (χ3n) is 5.69. The maximum atomic E-state index is 13.4. The number of alkyl halides is 6. The maximum absolute atomic E-state index is 13.4. The summed E-state index contributed by atoms with van der Waals surface area (Å²) in [5.74, 6) is -4.54. The van der Waals surface area contributed by atoms with Gasteiger partial charge in [0.25, 0.3) is 0 Å². The summed E-state index contributed by atoms with van der Waals surface area (Å²) in [6.45, 7) is 8.99. The van der Waals surface area contributed by atoms with Crippen molar-refractivity contribution in [1.29, 1.82) is 0 Å². The molecule has 2 N–H and O–H groups in total. The van der Waals surface area contributed by atoms with Gasteiger partial charge in [0.05, 0.1) is 12.2 Å². The number of carbonyl (C=O) groups is 2. The van der Waals surface area contributed by atoms with Gasteiger partial charge >= 0.3 is 24.3 Å². The highest BCUT2D eigenvalue weighted by atomic mass is 19.4. The topological polar surface area (TPSA) is 102 Å². The number of aliphatic carboxylic acids is 2. The highest BCUT2D eigenvalue weighted by molar-refractivity contribution is 5.73. The molecule has 9 nitrogen and oxygen atoms in total. The Hall–Kier alpha value is -3.24. The highest BCUT2D eigenvalue weighted by Gasteiger charge is 2.38. The molecule has 3 heterocycles. The molecule has 2 aliphatic heterocycles. The number of piperazine rings is 1. The van der Waals surface area contributed by atoms with Crippen molar-refractivity contribution in [1.82, 2.24) is 24.3 Å². The summed E-state index contributed by atoms with van der Waals surface area (Å²) >= 11 is 0. The molecule has 218 valence electrons. The van der Waals surface area contributed by atoms with Gasteiger partial charge < -0.3 is 19.7 Å². The van der Waals surface area contributed by atoms with Crippen LogP contribution in [-0.2, 0) is 35.8 Å². The van der Waals surface area contributed by atoms with Crippen molar-refractivity contribution in [3.05, 3.63) is 53.4 Å². The van der Waals surface area contributed by atoms with Crippen LogP contribution in [-0.4, -0.2) is 98.5 Å². The Morgan fingerprint density at radius 3 is 1.92 bits per heavy atom. The highest BCUT2D eigenvalue weighted by Crippen LogP contribution is 2.18. The van der Waals surface area contributed by atoms with E-state index in [1.54, 1.807) is 12.1 Å². The van der Waals surface area contributed by atoms with Crippen LogP contribution in [0.25, 0.3) is 0 Å². The second kappa shape index (κ2) is 13.7. The van der Waals surface area contributed by atoms with Crippen LogP contribution in [0.4, 0.5) is 30.7 Å². The lowest BCUT2D eigenvalue weighted by Crippen LogP contribution is -2.43. The van der Waals surface area contributed by atoms with Gasteiger partial charge in [0, 0.05) is 58.6 Å². The zero-order valence-corrected chi connectivity index (χ0v) is 20.8. The molecule has 0 spiro atoms. The predicted molar refractivity (Wildman–Crippen MR) is 123 cm³/mol. The lowest BCUT2D eigenvalue weighted by atomic mass is 10.2. The van der Waals surface area contributed by atoms with Crippen molar-refractivity contribution in [2.75, 3.05) is 39.8 Å². The average molecular weight is 571 g/mol. The average Bonchev–Trinajstić information content (AvgIpc) is 3.22. The minimum atomic E-state index is -5.08. The number of carboxylic acid groups (broad SMARTS) is 2. The molecule has 16 heteroatoms. The van der Waals surface area contributed by atoms with E-state index in [1.807, 2.05) is 6.07 Å². The van der Waals surface area contributed by atoms with Crippen LogP contribution in [0.3, 0.4) is 0 Å². The number of imidazole rings is 1. The van der Waals surface area contributed by atoms with Crippen molar-refractivity contribution in [3.63, 3.8) is 0 Å². The van der Waals surface area contributed by atoms with Crippen molar-refractivity contribution in [3.8, 4) is 0 Å². The molecular formula is C23H28F7N5O4. The van der Waals surface area contributed by atoms with Gasteiger partial charge in [0.15, 0.2) is 0 Å². The molecule has 1 aromatic heterocycles. The van der Waals surface area contributed by atoms with E-state index in [1.165, 1.54) is 11.8 Å². The van der Waals surface area contributed by atoms with Gasteiger partial charge in [-0.2, -0.15) is 26.3 Å². The molecule has 0 atom stereocenters. The summed E-state index contributed by atoms with van der Waals surface area (Å²) in [4.78, 5) is 29.9. The second-order valence-electron chi connectivity index (χ2n) is 8.87. The fraction of sp³-hybridized carbons (Fsp3) is 0.522. The molecule has 0 radical (unpaired) electrons. The molecule has 1 fully saturated rings. The summed E-state index contributed by atoms with van der Waals surface area (Å²) in [6.07, 6.45) is -7.95. The largest absolute Gasteiger partial charge is 0.490 e. The van der Waals surface area contributed by atoms with E-state index in [9.17, 15) is 30.7 Å². The van der Waals surface area contributed by atoms with Crippen LogP contribution in [0.15, 0.2) is 30.5 Å². The molecule has 0 saturated carbocycles. The summed E-state index contributed by atoms with van der Waals surface area (Å²) < 4.78 is 79.1. The van der Waals surface area contributed by atoms with Gasteiger partial charge in [-0.25, -0.2) is 19.0 Å². The normalized spacial score (nSPS) is 16.8. The van der Waals surface area contributed by atoms with E-state index in [0.29, 0.717) is 0 Å². The Bertz CT molecular complexity index is 1080. The van der Waals surface area contributed by atoms with E-state index >= 15 is 0 Å². The molecule has 0 amide bonds. The van der Waals surface area contributed by atoms with E-state index in [2.05, 4.69) is 32.5 Å². The van der Waals surface area contributed by atoms with Crippen molar-refractivity contribution in [2.24, 2.45) is 0 Å². The summed E-state index contributed by atoms with van der Waals surface area (Å²) in [5, 5.41) is 14.2. The summed E-state index contributed by atoms with van der Waals surface area (Å²) in [5.41, 5.74) is 2.20. The minimum Gasteiger partial charge on any atom is -0.475 e. The van der Waals surface area contributed by atoms with Crippen LogP contribution >= 0.6 is 0 Å². The Morgan fingerprint density at radius 2 is 1.41 bits per heavy atom. The zero-order chi connectivity index (χ0) is 29.4. The molecule has 1 saturated heterocycles. The molecule has 0 unspecified atom stereocenters. The van der Waals surface area contributed by atoms with Crippen LogP contribution in [0, 0.1) is 5.82 Å². The SMILES string of the molecule is CN1CCN(Cc2cn3c(n2)CN(Cc2cccc(F)c2)CC3)CC1.O=C(O)C(F)(F)F.O=C(O)C(F)(F)F. The Morgan fingerprint density at radius 1 is 0.872 bits per heavy atom. The fourth-order valence-electron chi connectivity index (χ4n) is 3.70. The van der Waals surface area contributed by atoms with Crippen LogP contribution in [0.2, 0.25) is 0 Å². The lowest BCUT2D eigenvalue weighted by molar-refractivity contribution is -0.193. The Labute approximate surface area is 219 Å². The number of rotatable bonds is 4. The number of benzene rings is 1. The van der Waals surface area contributed by atoms with E-state index in [4.69, 9.17) is 24.8 Å². The first kappa shape index (κ1) is 32.0. The van der Waals surface area contributed by atoms with Gasteiger partial charge in [0.2, 0.25) is 0 Å². The summed E-state index contributed by atoms with van der Waals surface area (Å²) in [7, 11) is 2.18. The van der Waals surface area contributed by atoms with Crippen molar-refractivity contribution in [2.45, 2.75) is 38.5 Å². The minimum absolute atomic E-state index is 0.162. The second-order valence-corrected chi connectivity index (χ2v) is 8.87.